The van der Waals surface area contributed by atoms with Crippen molar-refractivity contribution < 1.29 is 4.74 Å². The lowest BCUT2D eigenvalue weighted by Gasteiger charge is -2.25. The Bertz CT molecular complexity index is 80.8. The van der Waals surface area contributed by atoms with Gasteiger partial charge in [-0.25, -0.2) is 0 Å². The highest BCUT2D eigenvalue weighted by atomic mass is 16.5. The van der Waals surface area contributed by atoms with Crippen LogP contribution in [0.5, 0.6) is 0 Å². The van der Waals surface area contributed by atoms with Crippen molar-refractivity contribution in [3.05, 3.63) is 0 Å². The van der Waals surface area contributed by atoms with Crippen LogP contribution in [0.1, 0.15) is 40.0 Å². The quantitative estimate of drug-likeness (QED) is 0.550. The summed E-state index contributed by atoms with van der Waals surface area (Å²) in [5.74, 6) is 0.892. The summed E-state index contributed by atoms with van der Waals surface area (Å²) in [4.78, 5) is 0. The molecule has 1 rings (SSSR count). The lowest BCUT2D eigenvalue weighted by atomic mass is 9.89. The second kappa shape index (κ2) is 4.73. The van der Waals surface area contributed by atoms with Crippen molar-refractivity contribution in [3.63, 3.8) is 0 Å². The van der Waals surface area contributed by atoms with E-state index in [0.717, 1.165) is 5.92 Å². The Morgan fingerprint density at radius 3 is 2.40 bits per heavy atom. The molecule has 1 nitrogen and oxygen atoms in total. The Labute approximate surface area is 64.8 Å². The van der Waals surface area contributed by atoms with Crippen molar-refractivity contribution in [3.8, 4) is 0 Å². The molecule has 1 aliphatic carbocycles. The van der Waals surface area contributed by atoms with Crippen LogP contribution in [0.25, 0.3) is 0 Å². The highest BCUT2D eigenvalue weighted by Crippen LogP contribution is 2.24. The van der Waals surface area contributed by atoms with E-state index in [9.17, 15) is 0 Å². The van der Waals surface area contributed by atoms with Crippen molar-refractivity contribution in [2.45, 2.75) is 46.1 Å². The van der Waals surface area contributed by atoms with Gasteiger partial charge in [-0.1, -0.05) is 27.2 Å². The van der Waals surface area contributed by atoms with Gasteiger partial charge in [-0.05, 0) is 18.8 Å². The number of methoxy groups -OCH3 is 1. The van der Waals surface area contributed by atoms with Gasteiger partial charge in [0.05, 0.1) is 6.10 Å². The van der Waals surface area contributed by atoms with Gasteiger partial charge in [0, 0.05) is 7.11 Å². The summed E-state index contributed by atoms with van der Waals surface area (Å²) < 4.78 is 5.26. The maximum atomic E-state index is 5.26. The minimum absolute atomic E-state index is 0. The van der Waals surface area contributed by atoms with E-state index in [1.165, 1.54) is 25.7 Å². The molecule has 62 valence electrons. The Morgan fingerprint density at radius 1 is 1.30 bits per heavy atom. The average Bonchev–Trinajstić information content (AvgIpc) is 1.88. The van der Waals surface area contributed by atoms with Crippen LogP contribution in [0, 0.1) is 5.92 Å². The highest BCUT2D eigenvalue weighted by molar-refractivity contribution is 4.69. The topological polar surface area (TPSA) is 9.23 Å². The number of rotatable bonds is 1. The Morgan fingerprint density at radius 2 is 2.00 bits per heavy atom. The van der Waals surface area contributed by atoms with Gasteiger partial charge in [-0.3, -0.25) is 0 Å². The summed E-state index contributed by atoms with van der Waals surface area (Å²) in [7, 11) is 1.82. The molecule has 1 aliphatic rings. The van der Waals surface area contributed by atoms with Gasteiger partial charge in [-0.2, -0.15) is 0 Å². The maximum Gasteiger partial charge on any atom is 0.0573 e. The molecule has 0 heterocycles. The Hall–Kier alpha value is -0.0400. The molecule has 0 aliphatic heterocycles. The fourth-order valence-corrected chi connectivity index (χ4v) is 1.59. The first-order valence-electron chi connectivity index (χ1n) is 3.85. The molecule has 0 amide bonds. The molecule has 2 unspecified atom stereocenters. The monoisotopic (exact) mass is 144 g/mol. The fraction of sp³-hybridized carbons (Fsp3) is 1.00. The van der Waals surface area contributed by atoms with Crippen LogP contribution < -0.4 is 0 Å². The summed E-state index contributed by atoms with van der Waals surface area (Å²) >= 11 is 0. The first-order valence-corrected chi connectivity index (χ1v) is 3.85. The van der Waals surface area contributed by atoms with Gasteiger partial charge >= 0.3 is 0 Å². The molecule has 2 atom stereocenters. The molecule has 0 aromatic heterocycles. The van der Waals surface area contributed by atoms with Crippen LogP contribution in [0.3, 0.4) is 0 Å². The number of ether oxygens (including phenoxy) is 1. The standard InChI is InChI=1S/C8H16O.CH4/c1-7-4-3-5-8(6-7)9-2;/h7-8H,3-6H2,1-2H3;1H4. The lowest BCUT2D eigenvalue weighted by Crippen LogP contribution is -2.19. The van der Waals surface area contributed by atoms with Crippen molar-refractivity contribution >= 4 is 0 Å². The average molecular weight is 144 g/mol. The smallest absolute Gasteiger partial charge is 0.0573 e. The SMILES string of the molecule is C.COC1CCCC(C)C1. The molecule has 0 radical (unpaired) electrons. The van der Waals surface area contributed by atoms with Crippen molar-refractivity contribution in [2.75, 3.05) is 7.11 Å². The molecule has 0 bridgehead atoms. The third-order valence-electron chi connectivity index (χ3n) is 2.22. The van der Waals surface area contributed by atoms with Gasteiger partial charge in [0.2, 0.25) is 0 Å². The highest BCUT2D eigenvalue weighted by Gasteiger charge is 2.17. The minimum Gasteiger partial charge on any atom is -0.381 e. The van der Waals surface area contributed by atoms with Crippen LogP contribution in [-0.2, 0) is 4.74 Å². The summed E-state index contributed by atoms with van der Waals surface area (Å²) in [5, 5.41) is 0. The van der Waals surface area contributed by atoms with Crippen LogP contribution in [0.2, 0.25) is 0 Å². The second-order valence-electron chi connectivity index (χ2n) is 3.13. The second-order valence-corrected chi connectivity index (χ2v) is 3.13. The molecule has 0 aromatic rings. The first kappa shape index (κ1) is 9.96. The molecule has 0 aromatic carbocycles. The zero-order valence-electron chi connectivity index (χ0n) is 6.39. The van der Waals surface area contributed by atoms with Crippen molar-refractivity contribution in [2.24, 2.45) is 5.92 Å². The summed E-state index contributed by atoms with van der Waals surface area (Å²) in [6.07, 6.45) is 5.88. The van der Waals surface area contributed by atoms with Crippen LogP contribution in [-0.4, -0.2) is 13.2 Å². The molecule has 0 saturated heterocycles. The predicted molar refractivity (Wildman–Crippen MR) is 45.2 cm³/mol. The normalized spacial score (nSPS) is 33.0. The third kappa shape index (κ3) is 2.70. The molecule has 1 heteroatoms. The van der Waals surface area contributed by atoms with E-state index >= 15 is 0 Å². The summed E-state index contributed by atoms with van der Waals surface area (Å²) in [6.45, 7) is 2.31. The molecule has 0 spiro atoms. The van der Waals surface area contributed by atoms with E-state index in [1.807, 2.05) is 7.11 Å². The maximum absolute atomic E-state index is 5.26. The molecule has 0 N–H and O–H groups in total. The van der Waals surface area contributed by atoms with E-state index in [0.29, 0.717) is 6.10 Å². The van der Waals surface area contributed by atoms with Gasteiger partial charge in [0.15, 0.2) is 0 Å². The zero-order chi connectivity index (χ0) is 6.69. The third-order valence-corrected chi connectivity index (χ3v) is 2.22. The molecule has 1 fully saturated rings. The Balaban J connectivity index is 0.000000810. The summed E-state index contributed by atoms with van der Waals surface area (Å²) in [5.41, 5.74) is 0. The largest absolute Gasteiger partial charge is 0.381 e. The van der Waals surface area contributed by atoms with Gasteiger partial charge in [0.1, 0.15) is 0 Å². The zero-order valence-corrected chi connectivity index (χ0v) is 6.39. The van der Waals surface area contributed by atoms with Gasteiger partial charge in [0.25, 0.3) is 0 Å². The van der Waals surface area contributed by atoms with Crippen LogP contribution in [0.4, 0.5) is 0 Å². The van der Waals surface area contributed by atoms with Gasteiger partial charge < -0.3 is 4.74 Å². The minimum atomic E-state index is 0. The van der Waals surface area contributed by atoms with Crippen molar-refractivity contribution in [1.82, 2.24) is 0 Å². The van der Waals surface area contributed by atoms with E-state index in [1.54, 1.807) is 0 Å². The van der Waals surface area contributed by atoms with E-state index in [-0.39, 0.29) is 7.43 Å². The van der Waals surface area contributed by atoms with Crippen LogP contribution >= 0.6 is 0 Å². The van der Waals surface area contributed by atoms with E-state index < -0.39 is 0 Å². The van der Waals surface area contributed by atoms with Gasteiger partial charge in [-0.15, -0.1) is 0 Å². The van der Waals surface area contributed by atoms with Crippen LogP contribution in [0.15, 0.2) is 0 Å². The molecular formula is C9H20O. The number of hydrogen-bond acceptors (Lipinski definition) is 1. The molecular weight excluding hydrogens is 124 g/mol. The molecule has 10 heavy (non-hydrogen) atoms. The van der Waals surface area contributed by atoms with E-state index in [2.05, 4.69) is 6.92 Å². The van der Waals surface area contributed by atoms with E-state index in [4.69, 9.17) is 4.74 Å². The Kier molecular flexibility index (Phi) is 4.71. The lowest BCUT2D eigenvalue weighted by molar-refractivity contribution is 0.0542. The van der Waals surface area contributed by atoms with Crippen molar-refractivity contribution in [1.29, 1.82) is 0 Å². The fourth-order valence-electron chi connectivity index (χ4n) is 1.59. The first-order chi connectivity index (χ1) is 4.33. The number of hydrogen-bond donors (Lipinski definition) is 0. The summed E-state index contributed by atoms with van der Waals surface area (Å²) in [6, 6.07) is 0. The predicted octanol–water partition coefficient (Wildman–Crippen LogP) is 2.85. The molecule has 1 saturated carbocycles.